The van der Waals surface area contributed by atoms with Gasteiger partial charge in [0, 0.05) is 18.2 Å². The van der Waals surface area contributed by atoms with Gasteiger partial charge < -0.3 is 10.0 Å². The van der Waals surface area contributed by atoms with E-state index in [1.807, 2.05) is 30.0 Å². The Morgan fingerprint density at radius 1 is 1.35 bits per heavy atom. The Labute approximate surface area is 108 Å². The van der Waals surface area contributed by atoms with Crippen LogP contribution in [0.2, 0.25) is 0 Å². The zero-order chi connectivity index (χ0) is 12.3. The van der Waals surface area contributed by atoms with E-state index in [1.165, 1.54) is 0 Å². The van der Waals surface area contributed by atoms with Crippen LogP contribution in [0.5, 0.6) is 0 Å². The number of thioether (sulfide) groups is 1. The minimum absolute atomic E-state index is 0.318. The molecule has 0 amide bonds. The van der Waals surface area contributed by atoms with Crippen LogP contribution in [0.1, 0.15) is 12.0 Å². The largest absolute Gasteiger partial charge is 0.385 e. The average Bonchev–Trinajstić information content (AvgIpc) is 2.33. The Hall–Kier alpha value is -0.510. The topological polar surface area (TPSA) is 23.5 Å². The van der Waals surface area contributed by atoms with Crippen molar-refractivity contribution in [2.75, 3.05) is 32.1 Å². The summed E-state index contributed by atoms with van der Waals surface area (Å²) in [5, 5.41) is 11.0. The second kappa shape index (κ2) is 5.42. The van der Waals surface area contributed by atoms with Crippen LogP contribution in [0.3, 0.4) is 0 Å². The molecule has 1 aromatic rings. The molecule has 1 saturated heterocycles. The maximum absolute atomic E-state index is 11.0. The molecule has 1 aliphatic heterocycles. The Bertz CT molecular complexity index is 354. The van der Waals surface area contributed by atoms with Gasteiger partial charge in [0.05, 0.1) is 5.60 Å². The number of hydrogen-bond donors (Lipinski definition) is 1. The molecule has 2 atom stereocenters. The predicted octanol–water partition coefficient (Wildman–Crippen LogP) is 2.19. The van der Waals surface area contributed by atoms with Crippen molar-refractivity contribution in [3.8, 4) is 0 Å². The molecule has 0 saturated carbocycles. The van der Waals surface area contributed by atoms with Gasteiger partial charge in [-0.3, -0.25) is 0 Å². The van der Waals surface area contributed by atoms with Gasteiger partial charge in [-0.25, -0.2) is 0 Å². The molecular weight excluding hydrogens is 230 g/mol. The normalized spacial score (nSPS) is 29.5. The molecule has 0 unspecified atom stereocenters. The maximum atomic E-state index is 11.0. The molecule has 3 heteroatoms. The molecule has 1 N–H and O–H groups in total. The van der Waals surface area contributed by atoms with Crippen molar-refractivity contribution in [3.05, 3.63) is 35.9 Å². The van der Waals surface area contributed by atoms with E-state index in [9.17, 15) is 5.11 Å². The molecule has 2 rings (SSSR count). The molecule has 94 valence electrons. The number of nitrogens with zero attached hydrogens (tertiary/aromatic N) is 1. The average molecular weight is 251 g/mol. The van der Waals surface area contributed by atoms with Gasteiger partial charge >= 0.3 is 0 Å². The summed E-state index contributed by atoms with van der Waals surface area (Å²) in [4.78, 5) is 2.17. The lowest BCUT2D eigenvalue weighted by Gasteiger charge is -2.41. The fourth-order valence-corrected chi connectivity index (χ4v) is 3.83. The monoisotopic (exact) mass is 251 g/mol. The predicted molar refractivity (Wildman–Crippen MR) is 74.3 cm³/mol. The van der Waals surface area contributed by atoms with Gasteiger partial charge in [0.25, 0.3) is 0 Å². The molecule has 0 aliphatic carbocycles. The first-order valence-electron chi connectivity index (χ1n) is 6.13. The summed E-state index contributed by atoms with van der Waals surface area (Å²) in [6.45, 7) is 0.943. The van der Waals surface area contributed by atoms with E-state index in [0.717, 1.165) is 30.0 Å². The van der Waals surface area contributed by atoms with Gasteiger partial charge in [0.15, 0.2) is 0 Å². The highest BCUT2D eigenvalue weighted by molar-refractivity contribution is 7.99. The van der Waals surface area contributed by atoms with E-state index >= 15 is 0 Å². The van der Waals surface area contributed by atoms with Crippen molar-refractivity contribution < 1.29 is 5.11 Å². The molecule has 1 heterocycles. The molecule has 2 nitrogen and oxygen atoms in total. The third-order valence-corrected chi connectivity index (χ3v) is 4.61. The molecule has 17 heavy (non-hydrogen) atoms. The van der Waals surface area contributed by atoms with E-state index in [0.29, 0.717) is 5.92 Å². The standard InChI is InChI=1S/C14H21NOS/c1-15(2)10-13-11-17-9-8-14(13,16)12-6-4-3-5-7-12/h3-7,13,16H,8-11H2,1-2H3/t13-,14-/m1/s1. The Morgan fingerprint density at radius 3 is 2.71 bits per heavy atom. The van der Waals surface area contributed by atoms with Crippen LogP contribution in [0.15, 0.2) is 30.3 Å². The molecule has 1 fully saturated rings. The lowest BCUT2D eigenvalue weighted by atomic mass is 9.79. The van der Waals surface area contributed by atoms with Crippen molar-refractivity contribution in [3.63, 3.8) is 0 Å². The number of rotatable bonds is 3. The highest BCUT2D eigenvalue weighted by Gasteiger charge is 2.40. The van der Waals surface area contributed by atoms with Gasteiger partial charge in [0.1, 0.15) is 0 Å². The third kappa shape index (κ3) is 2.84. The van der Waals surface area contributed by atoms with Crippen LogP contribution < -0.4 is 0 Å². The van der Waals surface area contributed by atoms with Gasteiger partial charge in [-0.2, -0.15) is 11.8 Å². The Kier molecular flexibility index (Phi) is 4.13. The third-order valence-electron chi connectivity index (χ3n) is 3.48. The highest BCUT2D eigenvalue weighted by Crippen LogP contribution is 2.40. The fraction of sp³-hybridized carbons (Fsp3) is 0.571. The summed E-state index contributed by atoms with van der Waals surface area (Å²) in [5.41, 5.74) is 0.434. The quantitative estimate of drug-likeness (QED) is 0.891. The minimum atomic E-state index is -0.642. The van der Waals surface area contributed by atoms with Gasteiger partial charge in [-0.05, 0) is 31.8 Å². The first-order chi connectivity index (χ1) is 8.13. The molecular formula is C14H21NOS. The summed E-state index contributed by atoms with van der Waals surface area (Å²) in [7, 11) is 4.15. The van der Waals surface area contributed by atoms with E-state index < -0.39 is 5.60 Å². The first kappa shape index (κ1) is 12.9. The zero-order valence-electron chi connectivity index (χ0n) is 10.6. The molecule has 1 aliphatic rings. The summed E-state index contributed by atoms with van der Waals surface area (Å²) >= 11 is 1.96. The lowest BCUT2D eigenvalue weighted by Crippen LogP contribution is -2.45. The molecule has 0 bridgehead atoms. The number of benzene rings is 1. The second-order valence-electron chi connectivity index (χ2n) is 5.07. The van der Waals surface area contributed by atoms with E-state index in [1.54, 1.807) is 0 Å². The number of hydrogen-bond acceptors (Lipinski definition) is 3. The van der Waals surface area contributed by atoms with Crippen molar-refractivity contribution in [1.82, 2.24) is 4.90 Å². The van der Waals surface area contributed by atoms with E-state index in [-0.39, 0.29) is 0 Å². The lowest BCUT2D eigenvalue weighted by molar-refractivity contribution is -0.0293. The van der Waals surface area contributed by atoms with E-state index in [2.05, 4.69) is 31.1 Å². The molecule has 1 aromatic carbocycles. The van der Waals surface area contributed by atoms with Crippen molar-refractivity contribution in [2.24, 2.45) is 5.92 Å². The van der Waals surface area contributed by atoms with Gasteiger partial charge in [-0.1, -0.05) is 30.3 Å². The smallest absolute Gasteiger partial charge is 0.0952 e. The van der Waals surface area contributed by atoms with Gasteiger partial charge in [0.2, 0.25) is 0 Å². The molecule has 0 spiro atoms. The Balaban J connectivity index is 2.25. The molecule has 0 radical (unpaired) electrons. The fourth-order valence-electron chi connectivity index (χ4n) is 2.55. The van der Waals surface area contributed by atoms with Crippen LogP contribution in [-0.4, -0.2) is 42.2 Å². The van der Waals surface area contributed by atoms with E-state index in [4.69, 9.17) is 0 Å². The summed E-state index contributed by atoms with van der Waals surface area (Å²) in [6, 6.07) is 10.1. The minimum Gasteiger partial charge on any atom is -0.385 e. The van der Waals surface area contributed by atoms with Crippen molar-refractivity contribution >= 4 is 11.8 Å². The van der Waals surface area contributed by atoms with Gasteiger partial charge in [-0.15, -0.1) is 0 Å². The van der Waals surface area contributed by atoms with Crippen LogP contribution >= 0.6 is 11.8 Å². The highest BCUT2D eigenvalue weighted by atomic mass is 32.2. The number of aliphatic hydroxyl groups is 1. The van der Waals surface area contributed by atoms with Crippen LogP contribution in [0.4, 0.5) is 0 Å². The first-order valence-corrected chi connectivity index (χ1v) is 7.29. The zero-order valence-corrected chi connectivity index (χ0v) is 11.4. The van der Waals surface area contributed by atoms with Crippen molar-refractivity contribution in [1.29, 1.82) is 0 Å². The van der Waals surface area contributed by atoms with Crippen LogP contribution in [0.25, 0.3) is 0 Å². The SMILES string of the molecule is CN(C)C[C@@H]1CSCC[C@@]1(O)c1ccccc1. The van der Waals surface area contributed by atoms with Crippen LogP contribution in [0, 0.1) is 5.92 Å². The summed E-state index contributed by atoms with van der Waals surface area (Å²) in [5.74, 6) is 2.41. The summed E-state index contributed by atoms with van der Waals surface area (Å²) in [6.07, 6.45) is 0.861. The molecule has 0 aromatic heterocycles. The second-order valence-corrected chi connectivity index (χ2v) is 6.22. The summed E-state index contributed by atoms with van der Waals surface area (Å²) < 4.78 is 0. The van der Waals surface area contributed by atoms with Crippen molar-refractivity contribution in [2.45, 2.75) is 12.0 Å². The maximum Gasteiger partial charge on any atom is 0.0952 e. The van der Waals surface area contributed by atoms with Crippen LogP contribution in [-0.2, 0) is 5.60 Å². The Morgan fingerprint density at radius 2 is 2.06 bits per heavy atom.